The number of nitrogens with two attached hydrogens (primary N) is 1. The highest BCUT2D eigenvalue weighted by Gasteiger charge is 2.27. The van der Waals surface area contributed by atoms with Gasteiger partial charge < -0.3 is 11.1 Å². The Bertz CT molecular complexity index is 243. The van der Waals surface area contributed by atoms with Crippen LogP contribution in [-0.4, -0.2) is 18.5 Å². The van der Waals surface area contributed by atoms with Crippen LogP contribution in [0.4, 0.5) is 0 Å². The van der Waals surface area contributed by atoms with Gasteiger partial charge in [0.05, 0.1) is 0 Å². The molecule has 1 fully saturated rings. The summed E-state index contributed by atoms with van der Waals surface area (Å²) in [5.41, 5.74) is 5.68. The summed E-state index contributed by atoms with van der Waals surface area (Å²) in [6.45, 7) is 7.31. The minimum Gasteiger partial charge on any atom is -0.353 e. The normalized spacial score (nSPS) is 26.1. The molecule has 0 radical (unpaired) electrons. The fourth-order valence-corrected chi connectivity index (χ4v) is 3.12. The molecular formula is C15H30N2O. The third-order valence-corrected chi connectivity index (χ3v) is 4.68. The molecule has 3 nitrogen and oxygen atoms in total. The lowest BCUT2D eigenvalue weighted by molar-refractivity contribution is -0.127. The van der Waals surface area contributed by atoms with E-state index in [0.29, 0.717) is 17.9 Å². The van der Waals surface area contributed by atoms with Crippen LogP contribution in [0.15, 0.2) is 0 Å². The van der Waals surface area contributed by atoms with E-state index in [4.69, 9.17) is 5.73 Å². The topological polar surface area (TPSA) is 55.1 Å². The standard InChI is InChI=1S/C15H30N2O/c1-4-13(5-2)11(3)17-15(18)14-8-6-12(10-16)7-9-14/h11-14H,4-10,16H2,1-3H3,(H,17,18). The van der Waals surface area contributed by atoms with Crippen LogP contribution >= 0.6 is 0 Å². The van der Waals surface area contributed by atoms with Crippen molar-refractivity contribution in [2.24, 2.45) is 23.5 Å². The second-order valence-corrected chi connectivity index (χ2v) is 5.83. The first-order valence-electron chi connectivity index (χ1n) is 7.62. The van der Waals surface area contributed by atoms with Crippen LogP contribution in [0.25, 0.3) is 0 Å². The zero-order valence-corrected chi connectivity index (χ0v) is 12.2. The fraction of sp³-hybridized carbons (Fsp3) is 0.933. The smallest absolute Gasteiger partial charge is 0.223 e. The average molecular weight is 254 g/mol. The van der Waals surface area contributed by atoms with Crippen LogP contribution in [0.5, 0.6) is 0 Å². The summed E-state index contributed by atoms with van der Waals surface area (Å²) in [6.07, 6.45) is 6.55. The van der Waals surface area contributed by atoms with Crippen molar-refractivity contribution in [1.29, 1.82) is 0 Å². The molecule has 3 heteroatoms. The van der Waals surface area contributed by atoms with Gasteiger partial charge in [-0.3, -0.25) is 4.79 Å². The van der Waals surface area contributed by atoms with Gasteiger partial charge >= 0.3 is 0 Å². The third-order valence-electron chi connectivity index (χ3n) is 4.68. The summed E-state index contributed by atoms with van der Waals surface area (Å²) in [5.74, 6) is 1.74. The summed E-state index contributed by atoms with van der Waals surface area (Å²) >= 11 is 0. The zero-order valence-electron chi connectivity index (χ0n) is 12.2. The first-order valence-corrected chi connectivity index (χ1v) is 7.62. The number of nitrogens with one attached hydrogen (secondary N) is 1. The third kappa shape index (κ3) is 4.27. The summed E-state index contributed by atoms with van der Waals surface area (Å²) in [7, 11) is 0. The molecule has 0 saturated heterocycles. The number of hydrogen-bond acceptors (Lipinski definition) is 2. The molecule has 0 bridgehead atoms. The Balaban J connectivity index is 2.37. The van der Waals surface area contributed by atoms with E-state index >= 15 is 0 Å². The van der Waals surface area contributed by atoms with Crippen molar-refractivity contribution in [1.82, 2.24) is 5.32 Å². The van der Waals surface area contributed by atoms with Crippen molar-refractivity contribution in [3.8, 4) is 0 Å². The molecule has 1 unspecified atom stereocenters. The fourth-order valence-electron chi connectivity index (χ4n) is 3.12. The largest absolute Gasteiger partial charge is 0.353 e. The quantitative estimate of drug-likeness (QED) is 0.765. The van der Waals surface area contributed by atoms with Crippen molar-refractivity contribution in [2.45, 2.75) is 65.3 Å². The Morgan fingerprint density at radius 3 is 2.22 bits per heavy atom. The maximum absolute atomic E-state index is 12.2. The van der Waals surface area contributed by atoms with Crippen molar-refractivity contribution >= 4 is 5.91 Å². The molecule has 1 saturated carbocycles. The second kappa shape index (κ2) is 7.78. The molecular weight excluding hydrogens is 224 g/mol. The first kappa shape index (κ1) is 15.5. The Labute approximate surface area is 112 Å². The van der Waals surface area contributed by atoms with Gasteiger partial charge in [0.25, 0.3) is 0 Å². The molecule has 0 aromatic rings. The Morgan fingerprint density at radius 2 is 1.78 bits per heavy atom. The number of amides is 1. The predicted octanol–water partition coefficient (Wildman–Crippen LogP) is 2.69. The molecule has 1 atom stereocenters. The van der Waals surface area contributed by atoms with Crippen molar-refractivity contribution < 1.29 is 4.79 Å². The van der Waals surface area contributed by atoms with Gasteiger partial charge in [0.2, 0.25) is 5.91 Å². The van der Waals surface area contributed by atoms with Crippen molar-refractivity contribution in [3.63, 3.8) is 0 Å². The van der Waals surface area contributed by atoms with E-state index in [0.717, 1.165) is 45.1 Å². The molecule has 0 spiro atoms. The molecule has 1 amide bonds. The summed E-state index contributed by atoms with van der Waals surface area (Å²) < 4.78 is 0. The highest BCUT2D eigenvalue weighted by Crippen LogP contribution is 2.28. The Hall–Kier alpha value is -0.570. The molecule has 3 N–H and O–H groups in total. The van der Waals surface area contributed by atoms with Crippen LogP contribution in [0.3, 0.4) is 0 Å². The van der Waals surface area contributed by atoms with E-state index in [1.807, 2.05) is 0 Å². The summed E-state index contributed by atoms with van der Waals surface area (Å²) in [6, 6.07) is 0.305. The number of rotatable bonds is 6. The summed E-state index contributed by atoms with van der Waals surface area (Å²) in [4.78, 5) is 12.2. The van der Waals surface area contributed by atoms with Crippen LogP contribution in [0.1, 0.15) is 59.3 Å². The SMILES string of the molecule is CCC(CC)C(C)NC(=O)C1CCC(CN)CC1. The molecule has 0 aromatic heterocycles. The van der Waals surface area contributed by atoms with Gasteiger partial charge in [-0.2, -0.15) is 0 Å². The number of carbonyl (C=O) groups excluding carboxylic acids is 1. The lowest BCUT2D eigenvalue weighted by Crippen LogP contribution is -2.42. The van der Waals surface area contributed by atoms with E-state index in [2.05, 4.69) is 26.1 Å². The maximum Gasteiger partial charge on any atom is 0.223 e. The predicted molar refractivity (Wildman–Crippen MR) is 76.2 cm³/mol. The van der Waals surface area contributed by atoms with E-state index in [-0.39, 0.29) is 11.8 Å². The first-order chi connectivity index (χ1) is 8.62. The van der Waals surface area contributed by atoms with Gasteiger partial charge in [0, 0.05) is 12.0 Å². The summed E-state index contributed by atoms with van der Waals surface area (Å²) in [5, 5.41) is 3.21. The van der Waals surface area contributed by atoms with Crippen LogP contribution in [-0.2, 0) is 4.79 Å². The minimum atomic E-state index is 0.226. The van der Waals surface area contributed by atoms with Gasteiger partial charge in [-0.25, -0.2) is 0 Å². The van der Waals surface area contributed by atoms with E-state index in [1.54, 1.807) is 0 Å². The second-order valence-electron chi connectivity index (χ2n) is 5.83. The monoisotopic (exact) mass is 254 g/mol. The van der Waals surface area contributed by atoms with Crippen LogP contribution < -0.4 is 11.1 Å². The number of carbonyl (C=O) groups is 1. The molecule has 0 aliphatic heterocycles. The van der Waals surface area contributed by atoms with Gasteiger partial charge in [-0.15, -0.1) is 0 Å². The molecule has 1 rings (SSSR count). The molecule has 106 valence electrons. The Morgan fingerprint density at radius 1 is 1.22 bits per heavy atom. The molecule has 0 aromatic carbocycles. The number of hydrogen-bond donors (Lipinski definition) is 2. The van der Waals surface area contributed by atoms with E-state index in [9.17, 15) is 4.79 Å². The minimum absolute atomic E-state index is 0.226. The van der Waals surface area contributed by atoms with E-state index < -0.39 is 0 Å². The van der Waals surface area contributed by atoms with Gasteiger partial charge in [0.1, 0.15) is 0 Å². The average Bonchev–Trinajstić information content (AvgIpc) is 2.40. The van der Waals surface area contributed by atoms with Gasteiger partial charge in [0.15, 0.2) is 0 Å². The van der Waals surface area contributed by atoms with Crippen molar-refractivity contribution in [3.05, 3.63) is 0 Å². The molecule has 0 heterocycles. The van der Waals surface area contributed by atoms with Crippen LogP contribution in [0, 0.1) is 17.8 Å². The molecule has 1 aliphatic rings. The highest BCUT2D eigenvalue weighted by molar-refractivity contribution is 5.79. The van der Waals surface area contributed by atoms with Gasteiger partial charge in [-0.1, -0.05) is 26.7 Å². The lowest BCUT2D eigenvalue weighted by atomic mass is 9.81. The van der Waals surface area contributed by atoms with Crippen LogP contribution in [0.2, 0.25) is 0 Å². The van der Waals surface area contributed by atoms with E-state index in [1.165, 1.54) is 0 Å². The van der Waals surface area contributed by atoms with Crippen molar-refractivity contribution in [2.75, 3.05) is 6.54 Å². The molecule has 18 heavy (non-hydrogen) atoms. The Kier molecular flexibility index (Phi) is 6.69. The molecule has 1 aliphatic carbocycles. The highest BCUT2D eigenvalue weighted by atomic mass is 16.1. The zero-order chi connectivity index (χ0) is 13.5. The maximum atomic E-state index is 12.2. The van der Waals surface area contributed by atoms with Gasteiger partial charge in [-0.05, 0) is 51.0 Å². The lowest BCUT2D eigenvalue weighted by Gasteiger charge is -2.29.